The molecule has 0 aliphatic rings. The minimum absolute atomic E-state index is 0. The van der Waals surface area contributed by atoms with E-state index in [1.165, 1.54) is 19.1 Å². The van der Waals surface area contributed by atoms with Crippen molar-refractivity contribution in [2.45, 2.75) is 21.3 Å². The van der Waals surface area contributed by atoms with E-state index < -0.39 is 17.8 Å². The van der Waals surface area contributed by atoms with E-state index in [9.17, 15) is 14.0 Å². The van der Waals surface area contributed by atoms with Gasteiger partial charge in [-0.3, -0.25) is 0 Å². The first-order chi connectivity index (χ1) is 11.8. The topological polar surface area (TPSA) is 52.6 Å². The number of carbonyl (C=O) groups is 2. The van der Waals surface area contributed by atoms with Crippen molar-refractivity contribution in [3.63, 3.8) is 0 Å². The Balaban J connectivity index is 0.00000338. The zero-order chi connectivity index (χ0) is 18.6. The number of esters is 2. The van der Waals surface area contributed by atoms with Crippen LogP contribution in [0.3, 0.4) is 0 Å². The molecule has 4 nitrogen and oxygen atoms in total. The number of hydrogen-bond acceptors (Lipinski definition) is 4. The van der Waals surface area contributed by atoms with Crippen LogP contribution in [0.5, 0.6) is 11.5 Å². The van der Waals surface area contributed by atoms with Crippen LogP contribution in [0.15, 0.2) is 66.8 Å². The highest BCUT2D eigenvalue weighted by Crippen LogP contribution is 2.28. The van der Waals surface area contributed by atoms with Crippen molar-refractivity contribution in [2.24, 2.45) is 0 Å². The van der Waals surface area contributed by atoms with Gasteiger partial charge in [-0.1, -0.05) is 32.7 Å². The van der Waals surface area contributed by atoms with E-state index in [1.807, 2.05) is 0 Å². The van der Waals surface area contributed by atoms with Gasteiger partial charge in [-0.15, -0.1) is 0 Å². The average molecular weight is 356 g/mol. The van der Waals surface area contributed by atoms with Crippen molar-refractivity contribution in [2.75, 3.05) is 0 Å². The van der Waals surface area contributed by atoms with Crippen LogP contribution in [-0.4, -0.2) is 11.9 Å². The fourth-order valence-corrected chi connectivity index (χ4v) is 1.88. The van der Waals surface area contributed by atoms with E-state index in [1.54, 1.807) is 31.2 Å². The van der Waals surface area contributed by atoms with E-state index >= 15 is 0 Å². The zero-order valence-electron chi connectivity index (χ0n) is 14.0. The predicted molar refractivity (Wildman–Crippen MR) is 99.5 cm³/mol. The van der Waals surface area contributed by atoms with Crippen molar-refractivity contribution in [3.8, 4) is 22.6 Å². The molecule has 0 radical (unpaired) electrons. The summed E-state index contributed by atoms with van der Waals surface area (Å²) in [7, 11) is 0. The predicted octanol–water partition coefficient (Wildman–Crippen LogP) is 5.09. The molecule has 0 unspecified atom stereocenters. The molecule has 0 bridgehead atoms. The molecule has 0 fully saturated rings. The Morgan fingerprint density at radius 3 is 1.77 bits per heavy atom. The third kappa shape index (κ3) is 5.14. The van der Waals surface area contributed by atoms with E-state index in [2.05, 4.69) is 13.2 Å². The van der Waals surface area contributed by atoms with Crippen LogP contribution in [0.1, 0.15) is 21.3 Å². The maximum absolute atomic E-state index is 14.3. The largest absolute Gasteiger partial charge is 0.423 e. The number of carbonyl (C=O) groups excluding carboxylic acids is 2. The second-order valence-electron chi connectivity index (χ2n) is 5.51. The van der Waals surface area contributed by atoms with Gasteiger partial charge >= 0.3 is 11.9 Å². The third-order valence-electron chi connectivity index (χ3n) is 3.22. The Hall–Kier alpha value is -3.21. The van der Waals surface area contributed by atoms with Gasteiger partial charge in [0.25, 0.3) is 0 Å². The lowest BCUT2D eigenvalue weighted by Gasteiger charge is -2.08. The van der Waals surface area contributed by atoms with Crippen molar-refractivity contribution in [3.05, 3.63) is 72.6 Å². The summed E-state index contributed by atoms with van der Waals surface area (Å²) in [5.74, 6) is -1.25. The summed E-state index contributed by atoms with van der Waals surface area (Å²) in [5, 5.41) is 0. The van der Waals surface area contributed by atoms with Gasteiger partial charge in [-0.25, -0.2) is 14.0 Å². The third-order valence-corrected chi connectivity index (χ3v) is 3.22. The second-order valence-corrected chi connectivity index (χ2v) is 5.51. The van der Waals surface area contributed by atoms with Crippen molar-refractivity contribution < 1.29 is 23.5 Å². The molecule has 0 heterocycles. The summed E-state index contributed by atoms with van der Waals surface area (Å²) in [6.07, 6.45) is 0. The first-order valence-corrected chi connectivity index (χ1v) is 7.43. The van der Waals surface area contributed by atoms with Crippen LogP contribution in [0.2, 0.25) is 0 Å². The lowest BCUT2D eigenvalue weighted by molar-refractivity contribution is -0.130. The molecule has 0 saturated carbocycles. The van der Waals surface area contributed by atoms with Crippen LogP contribution in [0.25, 0.3) is 11.1 Å². The first kappa shape index (κ1) is 20.8. The summed E-state index contributed by atoms with van der Waals surface area (Å²) in [5.41, 5.74) is 1.43. The van der Waals surface area contributed by atoms with Gasteiger partial charge < -0.3 is 9.47 Å². The van der Waals surface area contributed by atoms with E-state index in [0.29, 0.717) is 16.9 Å². The van der Waals surface area contributed by atoms with E-state index in [-0.39, 0.29) is 24.3 Å². The highest BCUT2D eigenvalue weighted by Gasteiger charge is 2.11. The lowest BCUT2D eigenvalue weighted by atomic mass is 10.0. The molecule has 0 aromatic heterocycles. The summed E-state index contributed by atoms with van der Waals surface area (Å²) in [6, 6.07) is 10.5. The summed E-state index contributed by atoms with van der Waals surface area (Å²) in [4.78, 5) is 22.9. The Morgan fingerprint density at radius 2 is 1.31 bits per heavy atom. The summed E-state index contributed by atoms with van der Waals surface area (Å²) in [6.45, 7) is 10.0. The highest BCUT2D eigenvalue weighted by molar-refractivity contribution is 5.89. The summed E-state index contributed by atoms with van der Waals surface area (Å²) < 4.78 is 24.4. The van der Waals surface area contributed by atoms with Gasteiger partial charge in [0, 0.05) is 22.8 Å². The maximum Gasteiger partial charge on any atom is 0.338 e. The number of benzene rings is 2. The van der Waals surface area contributed by atoms with Gasteiger partial charge in [0.1, 0.15) is 17.3 Å². The van der Waals surface area contributed by atoms with E-state index in [4.69, 9.17) is 9.47 Å². The zero-order valence-corrected chi connectivity index (χ0v) is 14.0. The Morgan fingerprint density at radius 1 is 0.846 bits per heavy atom. The molecule has 26 heavy (non-hydrogen) atoms. The average Bonchev–Trinajstić information content (AvgIpc) is 2.55. The molecule has 0 amide bonds. The molecular weight excluding hydrogens is 335 g/mol. The fourth-order valence-electron chi connectivity index (χ4n) is 1.88. The highest BCUT2D eigenvalue weighted by atomic mass is 19.1. The molecule has 0 saturated heterocycles. The Kier molecular flexibility index (Phi) is 7.02. The molecule has 136 valence electrons. The molecule has 2 rings (SSSR count). The van der Waals surface area contributed by atoms with Crippen LogP contribution in [0.4, 0.5) is 4.39 Å². The van der Waals surface area contributed by atoms with Gasteiger partial charge in [-0.05, 0) is 43.7 Å². The Bertz CT molecular complexity index is 851. The van der Waals surface area contributed by atoms with Crippen molar-refractivity contribution in [1.29, 1.82) is 0 Å². The number of rotatable bonds is 5. The minimum atomic E-state index is -0.615. The molecule has 0 aliphatic carbocycles. The molecule has 0 N–H and O–H groups in total. The molecule has 0 spiro atoms. The SMILES string of the molecule is C.C=C(C)C(=O)Oc1ccc(-c2ccc(OC(=O)C(=C)C)cc2F)cc1. The fraction of sp³-hybridized carbons (Fsp3) is 0.143. The lowest BCUT2D eigenvalue weighted by Crippen LogP contribution is -2.08. The summed E-state index contributed by atoms with van der Waals surface area (Å²) >= 11 is 0. The van der Waals surface area contributed by atoms with Gasteiger partial charge in [0.05, 0.1) is 0 Å². The molecular formula is C21H21FO4. The number of ether oxygens (including phenoxy) is 2. The number of hydrogen-bond donors (Lipinski definition) is 0. The monoisotopic (exact) mass is 356 g/mol. The molecule has 0 aliphatic heterocycles. The van der Waals surface area contributed by atoms with Crippen LogP contribution in [-0.2, 0) is 9.59 Å². The van der Waals surface area contributed by atoms with Crippen LogP contribution in [0, 0.1) is 5.82 Å². The first-order valence-electron chi connectivity index (χ1n) is 7.43. The quantitative estimate of drug-likeness (QED) is 0.425. The Labute approximate surface area is 152 Å². The van der Waals surface area contributed by atoms with Crippen LogP contribution >= 0.6 is 0 Å². The maximum atomic E-state index is 14.3. The standard InChI is InChI=1S/C20H17FO4.CH4/c1-12(2)19(22)24-15-7-5-14(6-8-15)17-10-9-16(11-18(17)21)25-20(23)13(3)4;/h5-11H,1,3H2,2,4H3;1H4. The minimum Gasteiger partial charge on any atom is -0.423 e. The van der Waals surface area contributed by atoms with Crippen LogP contribution < -0.4 is 9.47 Å². The van der Waals surface area contributed by atoms with Gasteiger partial charge in [0.2, 0.25) is 0 Å². The molecule has 0 atom stereocenters. The molecule has 5 heteroatoms. The van der Waals surface area contributed by atoms with Crippen molar-refractivity contribution >= 4 is 11.9 Å². The smallest absolute Gasteiger partial charge is 0.338 e. The van der Waals surface area contributed by atoms with Gasteiger partial charge in [-0.2, -0.15) is 0 Å². The van der Waals surface area contributed by atoms with E-state index in [0.717, 1.165) is 6.07 Å². The van der Waals surface area contributed by atoms with Crippen molar-refractivity contribution in [1.82, 2.24) is 0 Å². The normalized spacial score (nSPS) is 9.65. The molecule has 2 aromatic rings. The number of halogens is 1. The second kappa shape index (κ2) is 8.76. The van der Waals surface area contributed by atoms with Gasteiger partial charge in [0.15, 0.2) is 0 Å². The molecule has 2 aromatic carbocycles.